The lowest BCUT2D eigenvalue weighted by atomic mass is 10.4. The Balaban J connectivity index is 3.20. The van der Waals surface area contributed by atoms with Crippen molar-refractivity contribution in [2.24, 2.45) is 0 Å². The van der Waals surface area contributed by atoms with E-state index in [1.54, 1.807) is 11.8 Å². The van der Waals surface area contributed by atoms with E-state index in [2.05, 4.69) is 23.4 Å². The standard InChI is InChI=1S/C8H12N2S2/c1-6(2)10-5-4-7(11)9-8(10)12-3/h4-6H,1-3H3. The zero-order valence-electron chi connectivity index (χ0n) is 7.44. The number of thioether (sulfide) groups is 1. The summed E-state index contributed by atoms with van der Waals surface area (Å²) in [7, 11) is 0. The van der Waals surface area contributed by atoms with Crippen molar-refractivity contribution in [3.05, 3.63) is 16.9 Å². The molecule has 1 aromatic rings. The molecule has 0 fully saturated rings. The fourth-order valence-electron chi connectivity index (χ4n) is 0.941. The molecule has 4 heteroatoms. The van der Waals surface area contributed by atoms with Crippen LogP contribution in [0.1, 0.15) is 19.9 Å². The molecule has 0 saturated heterocycles. The van der Waals surface area contributed by atoms with Crippen LogP contribution in [0.3, 0.4) is 0 Å². The molecular weight excluding hydrogens is 188 g/mol. The molecule has 0 saturated carbocycles. The van der Waals surface area contributed by atoms with Crippen LogP contribution in [0, 0.1) is 4.64 Å². The predicted molar refractivity (Wildman–Crippen MR) is 55.2 cm³/mol. The predicted octanol–water partition coefficient (Wildman–Crippen LogP) is 2.92. The van der Waals surface area contributed by atoms with Gasteiger partial charge < -0.3 is 4.57 Å². The Morgan fingerprint density at radius 2 is 2.25 bits per heavy atom. The van der Waals surface area contributed by atoms with E-state index in [0.717, 1.165) is 5.16 Å². The second-order valence-electron chi connectivity index (χ2n) is 2.75. The number of hydrogen-bond acceptors (Lipinski definition) is 3. The van der Waals surface area contributed by atoms with Gasteiger partial charge in [0, 0.05) is 12.2 Å². The maximum absolute atomic E-state index is 4.97. The second-order valence-corrected chi connectivity index (χ2v) is 3.95. The summed E-state index contributed by atoms with van der Waals surface area (Å²) in [6.45, 7) is 4.26. The van der Waals surface area contributed by atoms with Crippen LogP contribution in [0.25, 0.3) is 0 Å². The van der Waals surface area contributed by atoms with E-state index in [1.165, 1.54) is 0 Å². The molecule has 66 valence electrons. The van der Waals surface area contributed by atoms with E-state index in [-0.39, 0.29) is 0 Å². The van der Waals surface area contributed by atoms with E-state index in [4.69, 9.17) is 12.2 Å². The molecule has 0 aliphatic heterocycles. The summed E-state index contributed by atoms with van der Waals surface area (Å²) in [5.41, 5.74) is 0. The molecule has 1 heterocycles. The first-order valence-electron chi connectivity index (χ1n) is 3.78. The lowest BCUT2D eigenvalue weighted by Crippen LogP contribution is -2.05. The van der Waals surface area contributed by atoms with Crippen molar-refractivity contribution in [2.45, 2.75) is 25.0 Å². The molecule has 0 spiro atoms. The molecule has 0 aromatic carbocycles. The summed E-state index contributed by atoms with van der Waals surface area (Å²) in [4.78, 5) is 4.25. The van der Waals surface area contributed by atoms with Gasteiger partial charge in [-0.2, -0.15) is 0 Å². The third kappa shape index (κ3) is 2.08. The van der Waals surface area contributed by atoms with Gasteiger partial charge in [0.15, 0.2) is 5.16 Å². The Morgan fingerprint density at radius 1 is 1.58 bits per heavy atom. The van der Waals surface area contributed by atoms with Crippen LogP contribution < -0.4 is 0 Å². The smallest absolute Gasteiger partial charge is 0.169 e. The van der Waals surface area contributed by atoms with Gasteiger partial charge in [-0.3, -0.25) is 0 Å². The monoisotopic (exact) mass is 200 g/mol. The Hall–Kier alpha value is -0.350. The lowest BCUT2D eigenvalue weighted by molar-refractivity contribution is 0.528. The van der Waals surface area contributed by atoms with Crippen LogP contribution in [0.15, 0.2) is 17.4 Å². The van der Waals surface area contributed by atoms with Crippen molar-refractivity contribution in [3.8, 4) is 0 Å². The molecule has 0 amide bonds. The Bertz CT molecular complexity index is 317. The molecule has 1 rings (SSSR count). The van der Waals surface area contributed by atoms with E-state index in [9.17, 15) is 0 Å². The van der Waals surface area contributed by atoms with Crippen LogP contribution in [-0.4, -0.2) is 15.8 Å². The van der Waals surface area contributed by atoms with E-state index >= 15 is 0 Å². The summed E-state index contributed by atoms with van der Waals surface area (Å²) in [6.07, 6.45) is 4.00. The summed E-state index contributed by atoms with van der Waals surface area (Å²) in [5.74, 6) is 0. The fraction of sp³-hybridized carbons (Fsp3) is 0.500. The van der Waals surface area contributed by atoms with Gasteiger partial charge >= 0.3 is 0 Å². The molecular formula is C8H12N2S2. The van der Waals surface area contributed by atoms with Crippen molar-refractivity contribution in [1.29, 1.82) is 0 Å². The topological polar surface area (TPSA) is 17.8 Å². The van der Waals surface area contributed by atoms with Crippen LogP contribution in [0.2, 0.25) is 0 Å². The molecule has 0 N–H and O–H groups in total. The average Bonchev–Trinajstić information content (AvgIpc) is 2.03. The van der Waals surface area contributed by atoms with Gasteiger partial charge in [-0.1, -0.05) is 24.0 Å². The first-order valence-corrected chi connectivity index (χ1v) is 5.41. The van der Waals surface area contributed by atoms with Crippen molar-refractivity contribution >= 4 is 24.0 Å². The quantitative estimate of drug-likeness (QED) is 0.415. The maximum atomic E-state index is 4.97. The Labute approximate surface area is 82.0 Å². The normalized spacial score (nSPS) is 10.7. The third-order valence-corrected chi connectivity index (χ3v) is 2.44. The molecule has 0 bridgehead atoms. The summed E-state index contributed by atoms with van der Waals surface area (Å²) < 4.78 is 2.77. The van der Waals surface area contributed by atoms with Crippen molar-refractivity contribution in [2.75, 3.05) is 6.26 Å². The average molecular weight is 200 g/mol. The SMILES string of the molecule is CSc1nc(=S)ccn1C(C)C. The number of nitrogens with zero attached hydrogens (tertiary/aromatic N) is 2. The van der Waals surface area contributed by atoms with Crippen LogP contribution in [-0.2, 0) is 0 Å². The number of hydrogen-bond donors (Lipinski definition) is 0. The van der Waals surface area contributed by atoms with Gasteiger partial charge in [-0.15, -0.1) is 0 Å². The van der Waals surface area contributed by atoms with Gasteiger partial charge in [-0.05, 0) is 26.2 Å². The summed E-state index contributed by atoms with van der Waals surface area (Å²) in [5, 5.41) is 0.984. The molecule has 1 aromatic heterocycles. The highest BCUT2D eigenvalue weighted by Crippen LogP contribution is 2.15. The van der Waals surface area contributed by atoms with Gasteiger partial charge in [0.1, 0.15) is 4.64 Å². The zero-order chi connectivity index (χ0) is 9.14. The largest absolute Gasteiger partial charge is 0.325 e. The molecule has 0 aliphatic rings. The van der Waals surface area contributed by atoms with Crippen molar-refractivity contribution < 1.29 is 0 Å². The highest BCUT2D eigenvalue weighted by Gasteiger charge is 2.02. The fourth-order valence-corrected chi connectivity index (χ4v) is 1.82. The first-order chi connectivity index (χ1) is 5.65. The zero-order valence-corrected chi connectivity index (χ0v) is 9.08. The van der Waals surface area contributed by atoms with E-state index in [1.807, 2.05) is 18.5 Å². The Morgan fingerprint density at radius 3 is 2.75 bits per heavy atom. The summed E-state index contributed by atoms with van der Waals surface area (Å²) in [6, 6.07) is 2.30. The third-order valence-electron chi connectivity index (χ3n) is 1.54. The molecule has 0 unspecified atom stereocenters. The van der Waals surface area contributed by atoms with Gasteiger partial charge in [0.05, 0.1) is 0 Å². The number of aromatic nitrogens is 2. The lowest BCUT2D eigenvalue weighted by Gasteiger charge is -2.13. The molecule has 0 aliphatic carbocycles. The minimum Gasteiger partial charge on any atom is -0.325 e. The molecule has 2 nitrogen and oxygen atoms in total. The molecule has 12 heavy (non-hydrogen) atoms. The van der Waals surface area contributed by atoms with Crippen LogP contribution >= 0.6 is 24.0 Å². The van der Waals surface area contributed by atoms with Gasteiger partial charge in [-0.25, -0.2) is 4.98 Å². The van der Waals surface area contributed by atoms with Gasteiger partial charge in [0.2, 0.25) is 0 Å². The molecule has 0 atom stereocenters. The van der Waals surface area contributed by atoms with Crippen molar-refractivity contribution in [3.63, 3.8) is 0 Å². The summed E-state index contributed by atoms with van der Waals surface area (Å²) >= 11 is 6.60. The Kier molecular flexibility index (Phi) is 3.29. The van der Waals surface area contributed by atoms with Crippen molar-refractivity contribution in [1.82, 2.24) is 9.55 Å². The van der Waals surface area contributed by atoms with Gasteiger partial charge in [0.25, 0.3) is 0 Å². The van der Waals surface area contributed by atoms with E-state index in [0.29, 0.717) is 10.7 Å². The second kappa shape index (κ2) is 4.05. The van der Waals surface area contributed by atoms with Crippen LogP contribution in [0.4, 0.5) is 0 Å². The molecule has 0 radical (unpaired) electrons. The maximum Gasteiger partial charge on any atom is 0.169 e. The van der Waals surface area contributed by atoms with Crippen LogP contribution in [0.5, 0.6) is 0 Å². The minimum atomic E-state index is 0.440. The van der Waals surface area contributed by atoms with E-state index < -0.39 is 0 Å². The highest BCUT2D eigenvalue weighted by molar-refractivity contribution is 7.98. The minimum absolute atomic E-state index is 0.440. The highest BCUT2D eigenvalue weighted by atomic mass is 32.2. The number of rotatable bonds is 2. The first kappa shape index (κ1) is 9.74.